The Bertz CT molecular complexity index is 630. The number of unbranched alkanes of at least 4 members (excludes halogenated alkanes) is 1. The van der Waals surface area contributed by atoms with Gasteiger partial charge in [0, 0.05) is 12.2 Å². The molecule has 3 rings (SSSR count). The van der Waals surface area contributed by atoms with E-state index >= 15 is 0 Å². The number of ketones is 1. The monoisotopic (exact) mass is 288 g/mol. The van der Waals surface area contributed by atoms with Crippen molar-refractivity contribution in [3.05, 3.63) is 51.2 Å². The maximum Gasteiger partial charge on any atom is 0.207 e. The summed E-state index contributed by atoms with van der Waals surface area (Å²) in [4.78, 5) is 13.2. The number of carbonyl (C=O) groups is 1. The van der Waals surface area contributed by atoms with Crippen LogP contribution in [0.1, 0.15) is 39.2 Å². The minimum Gasteiger partial charge on any atom is -0.488 e. The number of hydrogen-bond acceptors (Lipinski definition) is 4. The maximum atomic E-state index is 12.5. The number of fused-ring (bicyclic) bond motifs is 2. The highest BCUT2D eigenvalue weighted by atomic mass is 32.1. The second kappa shape index (κ2) is 5.77. The fourth-order valence-corrected chi connectivity index (χ4v) is 3.26. The van der Waals surface area contributed by atoms with Crippen molar-refractivity contribution in [2.24, 2.45) is 0 Å². The van der Waals surface area contributed by atoms with Crippen LogP contribution in [0.4, 0.5) is 0 Å². The van der Waals surface area contributed by atoms with Gasteiger partial charge in [0.05, 0.1) is 10.4 Å². The normalized spacial score (nSPS) is 13.3. The van der Waals surface area contributed by atoms with Crippen LogP contribution < -0.4 is 4.74 Å². The second-order valence-corrected chi connectivity index (χ2v) is 5.82. The minimum atomic E-state index is 0.0596. The molecule has 0 aliphatic carbocycles. The molecule has 1 aliphatic heterocycles. The molecule has 0 spiro atoms. The van der Waals surface area contributed by atoms with Crippen LogP contribution in [0.3, 0.4) is 0 Å². The molecule has 2 aromatic rings. The molecule has 20 heavy (non-hydrogen) atoms. The van der Waals surface area contributed by atoms with E-state index in [0.29, 0.717) is 17.9 Å². The number of hydrogen-bond donors (Lipinski definition) is 1. The van der Waals surface area contributed by atoms with Gasteiger partial charge in [-0.1, -0.05) is 6.07 Å². The molecule has 1 N–H and O–H groups in total. The van der Waals surface area contributed by atoms with Gasteiger partial charge in [-0.25, -0.2) is 0 Å². The molecule has 0 unspecified atom stereocenters. The second-order valence-electron chi connectivity index (χ2n) is 4.90. The first kappa shape index (κ1) is 13.3. The van der Waals surface area contributed by atoms with Crippen molar-refractivity contribution in [1.82, 2.24) is 0 Å². The fraction of sp³-hybridized carbons (Fsp3) is 0.312. The first-order valence-corrected chi connectivity index (χ1v) is 7.65. The van der Waals surface area contributed by atoms with Crippen LogP contribution in [0.15, 0.2) is 29.6 Å². The first-order valence-electron chi connectivity index (χ1n) is 6.77. The van der Waals surface area contributed by atoms with Crippen molar-refractivity contribution < 1.29 is 14.6 Å². The maximum absolute atomic E-state index is 12.5. The molecule has 104 valence electrons. The van der Waals surface area contributed by atoms with Gasteiger partial charge in [0.25, 0.3) is 0 Å². The Morgan fingerprint density at radius 2 is 2.15 bits per heavy atom. The molecule has 0 bridgehead atoms. The van der Waals surface area contributed by atoms with Gasteiger partial charge in [0.1, 0.15) is 12.4 Å². The van der Waals surface area contributed by atoms with Crippen molar-refractivity contribution in [3.63, 3.8) is 0 Å². The lowest BCUT2D eigenvalue weighted by atomic mass is 10.0. The van der Waals surface area contributed by atoms with Gasteiger partial charge in [-0.15, -0.1) is 11.3 Å². The Labute approximate surface area is 121 Å². The molecular formula is C16H16O3S. The number of aliphatic hydroxyl groups excluding tert-OH is 1. The first-order chi connectivity index (χ1) is 9.79. The van der Waals surface area contributed by atoms with Crippen LogP contribution in [-0.2, 0) is 13.0 Å². The molecule has 0 amide bonds. The van der Waals surface area contributed by atoms with Crippen LogP contribution in [0.5, 0.6) is 5.75 Å². The molecule has 1 aromatic heterocycles. The molecule has 4 heteroatoms. The molecule has 0 saturated heterocycles. The number of rotatable bonds is 4. The standard InChI is InChI=1S/C16H16O3S/c17-7-2-1-3-11-4-5-13-14(9-11)19-10-12-6-8-20-16(12)15(13)18/h4-6,8-9,17H,1-3,7,10H2. The van der Waals surface area contributed by atoms with E-state index in [9.17, 15) is 4.79 Å². The summed E-state index contributed by atoms with van der Waals surface area (Å²) in [5.41, 5.74) is 2.77. The van der Waals surface area contributed by atoms with Crippen LogP contribution in [0.2, 0.25) is 0 Å². The van der Waals surface area contributed by atoms with Gasteiger partial charge in [0.2, 0.25) is 5.78 Å². The third-order valence-electron chi connectivity index (χ3n) is 3.50. The van der Waals surface area contributed by atoms with Crippen molar-refractivity contribution in [2.45, 2.75) is 25.9 Å². The van der Waals surface area contributed by atoms with Crippen molar-refractivity contribution >= 4 is 17.1 Å². The van der Waals surface area contributed by atoms with E-state index in [1.165, 1.54) is 11.3 Å². The summed E-state index contributed by atoms with van der Waals surface area (Å²) in [6.45, 7) is 0.678. The molecule has 1 aliphatic rings. The van der Waals surface area contributed by atoms with Gasteiger partial charge in [-0.2, -0.15) is 0 Å². The van der Waals surface area contributed by atoms with E-state index in [1.54, 1.807) is 0 Å². The fourth-order valence-electron chi connectivity index (χ4n) is 2.40. The van der Waals surface area contributed by atoms with Crippen LogP contribution >= 0.6 is 11.3 Å². The van der Waals surface area contributed by atoms with Gasteiger partial charge in [0.15, 0.2) is 0 Å². The quantitative estimate of drug-likeness (QED) is 0.879. The highest BCUT2D eigenvalue weighted by Gasteiger charge is 2.23. The Morgan fingerprint density at radius 1 is 1.25 bits per heavy atom. The van der Waals surface area contributed by atoms with Gasteiger partial charge in [-0.3, -0.25) is 4.79 Å². The van der Waals surface area contributed by atoms with Gasteiger partial charge >= 0.3 is 0 Å². The zero-order chi connectivity index (χ0) is 13.9. The average Bonchev–Trinajstić information content (AvgIpc) is 2.89. The van der Waals surface area contributed by atoms with E-state index in [2.05, 4.69) is 0 Å². The largest absolute Gasteiger partial charge is 0.488 e. The van der Waals surface area contributed by atoms with E-state index in [1.807, 2.05) is 29.6 Å². The lowest BCUT2D eigenvalue weighted by Gasteiger charge is -2.09. The summed E-state index contributed by atoms with van der Waals surface area (Å²) in [6.07, 6.45) is 2.64. The predicted molar refractivity (Wildman–Crippen MR) is 78.5 cm³/mol. The van der Waals surface area contributed by atoms with Crippen molar-refractivity contribution in [1.29, 1.82) is 0 Å². The van der Waals surface area contributed by atoms with E-state index in [4.69, 9.17) is 9.84 Å². The van der Waals surface area contributed by atoms with Gasteiger partial charge < -0.3 is 9.84 Å². The van der Waals surface area contributed by atoms with Crippen molar-refractivity contribution in [2.75, 3.05) is 6.61 Å². The summed E-state index contributed by atoms with van der Waals surface area (Å²) in [5.74, 6) is 0.740. The number of benzene rings is 1. The van der Waals surface area contributed by atoms with Crippen molar-refractivity contribution in [3.8, 4) is 5.75 Å². The number of aliphatic hydroxyl groups is 1. The summed E-state index contributed by atoms with van der Waals surface area (Å²) in [7, 11) is 0. The topological polar surface area (TPSA) is 46.5 Å². The number of ether oxygens (including phenoxy) is 1. The summed E-state index contributed by atoms with van der Waals surface area (Å²) in [6, 6.07) is 7.75. The Balaban J connectivity index is 1.87. The SMILES string of the molecule is O=C1c2ccc(CCCCO)cc2OCc2ccsc21. The summed E-state index contributed by atoms with van der Waals surface area (Å²) >= 11 is 1.47. The van der Waals surface area contributed by atoms with E-state index in [0.717, 1.165) is 35.3 Å². The Hall–Kier alpha value is -1.65. The third-order valence-corrected chi connectivity index (χ3v) is 4.46. The molecular weight excluding hydrogens is 272 g/mol. The average molecular weight is 288 g/mol. The zero-order valence-corrected chi connectivity index (χ0v) is 11.9. The molecule has 0 saturated carbocycles. The third kappa shape index (κ3) is 2.49. The molecule has 0 atom stereocenters. The van der Waals surface area contributed by atoms with Crippen LogP contribution in [0.25, 0.3) is 0 Å². The van der Waals surface area contributed by atoms with Crippen LogP contribution in [0, 0.1) is 0 Å². The number of carbonyl (C=O) groups excluding carboxylic acids is 1. The predicted octanol–water partition coefficient (Wildman–Crippen LogP) is 3.19. The summed E-state index contributed by atoms with van der Waals surface area (Å²) in [5, 5.41) is 10.7. The lowest BCUT2D eigenvalue weighted by Crippen LogP contribution is -2.00. The molecule has 3 nitrogen and oxygen atoms in total. The van der Waals surface area contributed by atoms with Gasteiger partial charge in [-0.05, 0) is 48.4 Å². The zero-order valence-electron chi connectivity index (χ0n) is 11.1. The highest BCUT2D eigenvalue weighted by molar-refractivity contribution is 7.12. The lowest BCUT2D eigenvalue weighted by molar-refractivity contribution is 0.104. The molecule has 1 aromatic carbocycles. The Kier molecular flexibility index (Phi) is 3.85. The Morgan fingerprint density at radius 3 is 3.00 bits per heavy atom. The molecule has 2 heterocycles. The smallest absolute Gasteiger partial charge is 0.207 e. The van der Waals surface area contributed by atoms with Crippen LogP contribution in [-0.4, -0.2) is 17.5 Å². The minimum absolute atomic E-state index is 0.0596. The molecule has 0 radical (unpaired) electrons. The van der Waals surface area contributed by atoms with E-state index < -0.39 is 0 Å². The molecule has 0 fully saturated rings. The number of thiophene rings is 1. The highest BCUT2D eigenvalue weighted by Crippen LogP contribution is 2.32. The van der Waals surface area contributed by atoms with E-state index in [-0.39, 0.29) is 12.4 Å². The summed E-state index contributed by atoms with van der Waals surface area (Å²) < 4.78 is 5.79. The number of aryl methyl sites for hydroxylation is 1.